The number of amides is 1. The minimum Gasteiger partial charge on any atom is -0.491 e. The highest BCUT2D eigenvalue weighted by molar-refractivity contribution is 7.91. The summed E-state index contributed by atoms with van der Waals surface area (Å²) in [6, 6.07) is 11.4. The average molecular weight is 748 g/mol. The maximum absolute atomic E-state index is 14.0. The van der Waals surface area contributed by atoms with Crippen molar-refractivity contribution in [3.8, 4) is 17.6 Å². The molecule has 3 aromatic rings. The average Bonchev–Trinajstić information content (AvgIpc) is 3.38. The van der Waals surface area contributed by atoms with E-state index < -0.39 is 34.1 Å². The molecule has 2 N–H and O–H groups in total. The van der Waals surface area contributed by atoms with Crippen LogP contribution in [0.1, 0.15) is 39.3 Å². The molecule has 0 saturated carbocycles. The molecular weight excluding hydrogens is 699 g/mol. The van der Waals surface area contributed by atoms with Crippen LogP contribution in [0.5, 0.6) is 5.75 Å². The van der Waals surface area contributed by atoms with Gasteiger partial charge in [-0.3, -0.25) is 4.90 Å². The van der Waals surface area contributed by atoms with Gasteiger partial charge >= 0.3 is 12.3 Å². The van der Waals surface area contributed by atoms with E-state index in [1.165, 1.54) is 29.4 Å². The minimum absolute atomic E-state index is 0.0738. The van der Waals surface area contributed by atoms with Gasteiger partial charge in [-0.1, -0.05) is 12.0 Å². The smallest absolute Gasteiger partial charge is 0.415 e. The normalized spacial score (nSPS) is 21.2. The Balaban J connectivity index is 1.60. The van der Waals surface area contributed by atoms with E-state index in [1.54, 1.807) is 39.0 Å². The molecule has 2 aliphatic heterocycles. The Labute approximate surface area is 303 Å². The van der Waals surface area contributed by atoms with Gasteiger partial charge in [0.15, 0.2) is 0 Å². The molecule has 15 heteroatoms. The highest BCUT2D eigenvalue weighted by Crippen LogP contribution is 2.33. The summed E-state index contributed by atoms with van der Waals surface area (Å²) in [5.74, 6) is 6.27. The number of hydrogen-bond donors (Lipinski definition) is 2. The molecule has 5 rings (SSSR count). The fraction of sp³-hybridized carbons (Fsp3) is 0.541. The number of fused-ring (bicyclic) bond motifs is 4. The highest BCUT2D eigenvalue weighted by Gasteiger charge is 2.31. The molecule has 0 radical (unpaired) electrons. The van der Waals surface area contributed by atoms with Crippen molar-refractivity contribution >= 4 is 38.1 Å². The molecule has 284 valence electrons. The van der Waals surface area contributed by atoms with E-state index in [0.29, 0.717) is 36.4 Å². The zero-order valence-electron chi connectivity index (χ0n) is 30.3. The van der Waals surface area contributed by atoms with E-state index in [4.69, 9.17) is 23.7 Å². The third-order valence-electron chi connectivity index (χ3n) is 8.76. The van der Waals surface area contributed by atoms with Gasteiger partial charge in [0.25, 0.3) is 0 Å². The second kappa shape index (κ2) is 16.4. The Morgan fingerprint density at radius 3 is 2.50 bits per heavy atom. The Morgan fingerprint density at radius 1 is 1.06 bits per heavy atom. The number of rotatable bonds is 2. The van der Waals surface area contributed by atoms with Crippen molar-refractivity contribution in [1.29, 1.82) is 4.78 Å². The first kappa shape index (κ1) is 39.2. The largest absolute Gasteiger partial charge is 0.491 e. The Bertz CT molecular complexity index is 1900. The third-order valence-corrected chi connectivity index (χ3v) is 9.89. The summed E-state index contributed by atoms with van der Waals surface area (Å²) in [4.78, 5) is 17.2. The highest BCUT2D eigenvalue weighted by atomic mass is 32.2. The number of alkyl halides is 3. The van der Waals surface area contributed by atoms with Crippen LogP contribution in [-0.2, 0) is 30.5 Å². The number of piperidine rings is 1. The first-order valence-electron chi connectivity index (χ1n) is 17.3. The number of carbonyl (C=O) groups is 1. The molecule has 1 fully saturated rings. The van der Waals surface area contributed by atoms with E-state index in [9.17, 15) is 22.2 Å². The first-order chi connectivity index (χ1) is 24.5. The summed E-state index contributed by atoms with van der Waals surface area (Å²) in [5, 5.41) is 4.25. The van der Waals surface area contributed by atoms with Gasteiger partial charge in [0.05, 0.1) is 57.9 Å². The molecule has 3 atom stereocenters. The summed E-state index contributed by atoms with van der Waals surface area (Å²) in [6.07, 6.45) is -2.42. The SMILES string of the molecule is CN1CC[C@@H]2Nc3cccc4c3cc(n4CC(F)(F)F)C#CCN(C(=O)OC(C)(C)C)c3cc(cc([S@](C)(=N)=O)c3)OCCOCCOCC[C@H]2C1. The van der Waals surface area contributed by atoms with Crippen LogP contribution >= 0.6 is 0 Å². The van der Waals surface area contributed by atoms with Crippen LogP contribution in [0.2, 0.25) is 0 Å². The van der Waals surface area contributed by atoms with Gasteiger partial charge in [0, 0.05) is 42.6 Å². The molecular formula is C37H48F3N5O6S. The van der Waals surface area contributed by atoms with Crippen molar-refractivity contribution in [2.45, 2.75) is 62.9 Å². The van der Waals surface area contributed by atoms with E-state index in [2.05, 4.69) is 29.1 Å². The quantitative estimate of drug-likeness (QED) is 0.283. The topological polar surface area (TPSA) is 118 Å². The second-order valence-corrected chi connectivity index (χ2v) is 16.4. The summed E-state index contributed by atoms with van der Waals surface area (Å²) in [6.45, 7) is 6.89. The molecule has 3 heterocycles. The van der Waals surface area contributed by atoms with Crippen LogP contribution < -0.4 is 15.0 Å². The van der Waals surface area contributed by atoms with Crippen LogP contribution in [0, 0.1) is 22.5 Å². The van der Waals surface area contributed by atoms with Crippen molar-refractivity contribution in [2.75, 3.05) is 76.2 Å². The molecule has 0 unspecified atom stereocenters. The molecule has 0 spiro atoms. The molecule has 2 aromatic carbocycles. The van der Waals surface area contributed by atoms with E-state index in [1.807, 2.05) is 6.07 Å². The van der Waals surface area contributed by atoms with Gasteiger partial charge in [0.1, 0.15) is 24.5 Å². The number of benzene rings is 2. The fourth-order valence-corrected chi connectivity index (χ4v) is 7.03. The van der Waals surface area contributed by atoms with Gasteiger partial charge < -0.3 is 33.7 Å². The monoisotopic (exact) mass is 747 g/mol. The van der Waals surface area contributed by atoms with Crippen molar-refractivity contribution in [2.24, 2.45) is 5.92 Å². The molecule has 11 nitrogen and oxygen atoms in total. The Kier molecular flexibility index (Phi) is 12.4. The molecule has 0 aliphatic carbocycles. The van der Waals surface area contributed by atoms with Gasteiger partial charge in [-0.25, -0.2) is 13.8 Å². The maximum Gasteiger partial charge on any atom is 0.415 e. The van der Waals surface area contributed by atoms with E-state index in [-0.39, 0.29) is 53.7 Å². The number of likely N-dealkylation sites (tertiary alicyclic amines) is 1. The van der Waals surface area contributed by atoms with Crippen LogP contribution in [0.4, 0.5) is 29.3 Å². The van der Waals surface area contributed by atoms with Crippen molar-refractivity contribution < 1.29 is 41.1 Å². The zero-order chi connectivity index (χ0) is 37.7. The lowest BCUT2D eigenvalue weighted by atomic mass is 9.89. The van der Waals surface area contributed by atoms with Crippen molar-refractivity contribution in [3.05, 3.63) is 48.2 Å². The number of aromatic nitrogens is 1. The lowest BCUT2D eigenvalue weighted by Crippen LogP contribution is -2.45. The summed E-state index contributed by atoms with van der Waals surface area (Å²) < 4.78 is 87.5. The number of nitrogens with zero attached hydrogens (tertiary/aromatic N) is 3. The minimum atomic E-state index is -4.53. The first-order valence-corrected chi connectivity index (χ1v) is 19.2. The number of nitrogens with one attached hydrogen (secondary N) is 2. The number of hydrogen-bond acceptors (Lipinski definition) is 9. The lowest BCUT2D eigenvalue weighted by molar-refractivity contribution is -0.140. The summed E-state index contributed by atoms with van der Waals surface area (Å²) in [7, 11) is -1.19. The summed E-state index contributed by atoms with van der Waals surface area (Å²) in [5.41, 5.74) is 0.511. The van der Waals surface area contributed by atoms with Crippen LogP contribution in [-0.4, -0.2) is 104 Å². The lowest BCUT2D eigenvalue weighted by Gasteiger charge is -2.38. The second-order valence-electron chi connectivity index (χ2n) is 14.3. The zero-order valence-corrected chi connectivity index (χ0v) is 31.1. The van der Waals surface area contributed by atoms with Gasteiger partial charge in [-0.05, 0) is 89.4 Å². The summed E-state index contributed by atoms with van der Waals surface area (Å²) >= 11 is 0. The van der Waals surface area contributed by atoms with E-state index in [0.717, 1.165) is 30.5 Å². The Morgan fingerprint density at radius 2 is 1.79 bits per heavy atom. The molecule has 1 aromatic heterocycles. The van der Waals surface area contributed by atoms with Gasteiger partial charge in [0.2, 0.25) is 0 Å². The van der Waals surface area contributed by atoms with Crippen molar-refractivity contribution in [1.82, 2.24) is 9.47 Å². The molecule has 2 aliphatic rings. The molecule has 1 amide bonds. The van der Waals surface area contributed by atoms with Crippen LogP contribution in [0.25, 0.3) is 10.9 Å². The predicted octanol–water partition coefficient (Wildman–Crippen LogP) is 6.58. The number of ether oxygens (including phenoxy) is 4. The van der Waals surface area contributed by atoms with Gasteiger partial charge in [-0.15, -0.1) is 0 Å². The number of halogens is 3. The fourth-order valence-electron chi connectivity index (χ4n) is 6.34. The maximum atomic E-state index is 14.0. The van der Waals surface area contributed by atoms with Crippen LogP contribution in [0.3, 0.4) is 0 Å². The van der Waals surface area contributed by atoms with Crippen LogP contribution in [0.15, 0.2) is 47.4 Å². The van der Waals surface area contributed by atoms with Gasteiger partial charge in [-0.2, -0.15) is 13.2 Å². The Hall–Kier alpha value is -3.97. The molecule has 52 heavy (non-hydrogen) atoms. The molecule has 4 bridgehead atoms. The number of carbonyl (C=O) groups excluding carboxylic acids is 1. The van der Waals surface area contributed by atoms with E-state index >= 15 is 0 Å². The molecule has 1 saturated heterocycles. The standard InChI is InChI=1S/C37H48F3N5O6S/c1-36(2,3)51-35(46)44-13-7-8-27-22-31-33(9-6-10-34(31)45(27)25-37(38,39)40)42-32-11-14-43(4)24-26(32)12-15-48-16-17-49-18-19-50-29-20-28(44)21-30(23-29)52(5,41)47/h6,9-10,20-23,26,32,41-42H,11-19,24-25H2,1-5H3/t26-,32-,52+/m0/s1. The number of anilines is 2. The third kappa shape index (κ3) is 10.8. The predicted molar refractivity (Wildman–Crippen MR) is 195 cm³/mol. The van der Waals surface area contributed by atoms with Crippen molar-refractivity contribution in [3.63, 3.8) is 0 Å².